The Kier molecular flexibility index (Phi) is 7.70. The van der Waals surface area contributed by atoms with Crippen LogP contribution < -0.4 is 10.1 Å². The summed E-state index contributed by atoms with van der Waals surface area (Å²) in [6.07, 6.45) is 1.80. The topological polar surface area (TPSA) is 64.6 Å². The number of anilines is 1. The van der Waals surface area contributed by atoms with Crippen LogP contribution in [0.1, 0.15) is 19.4 Å². The second-order valence-electron chi connectivity index (χ2n) is 5.50. The third-order valence-corrected chi connectivity index (χ3v) is 4.03. The van der Waals surface area contributed by atoms with Crippen LogP contribution in [0.15, 0.2) is 48.5 Å². The minimum Gasteiger partial charge on any atom is -0.493 e. The zero-order chi connectivity index (χ0) is 19.8. The highest BCUT2D eigenvalue weighted by Crippen LogP contribution is 2.25. The SMILES string of the molecule is CCOc1ccccc1/C=C/C(=O)OC(C)C(=O)Nc1cc(Cl)ccc1Cl. The molecule has 0 saturated carbocycles. The van der Waals surface area contributed by atoms with Gasteiger partial charge in [-0.15, -0.1) is 0 Å². The number of benzene rings is 2. The lowest BCUT2D eigenvalue weighted by Gasteiger charge is -2.13. The summed E-state index contributed by atoms with van der Waals surface area (Å²) in [5, 5.41) is 3.34. The van der Waals surface area contributed by atoms with Gasteiger partial charge in [0.15, 0.2) is 6.10 Å². The number of carbonyl (C=O) groups excluding carboxylic acids is 2. The highest BCUT2D eigenvalue weighted by atomic mass is 35.5. The molecule has 1 amide bonds. The molecule has 1 unspecified atom stereocenters. The average Bonchev–Trinajstić information content (AvgIpc) is 2.64. The molecule has 1 atom stereocenters. The number of ether oxygens (including phenoxy) is 2. The van der Waals surface area contributed by atoms with Crippen LogP contribution in [-0.2, 0) is 14.3 Å². The molecule has 5 nitrogen and oxygen atoms in total. The molecule has 0 heterocycles. The smallest absolute Gasteiger partial charge is 0.331 e. The Balaban J connectivity index is 1.96. The molecule has 2 aromatic rings. The first-order chi connectivity index (χ1) is 12.9. The largest absolute Gasteiger partial charge is 0.493 e. The molecular formula is C20H19Cl2NO4. The number of hydrogen-bond donors (Lipinski definition) is 1. The van der Waals surface area contributed by atoms with E-state index in [1.54, 1.807) is 24.3 Å². The molecule has 2 rings (SSSR count). The summed E-state index contributed by atoms with van der Waals surface area (Å²) in [7, 11) is 0. The van der Waals surface area contributed by atoms with Gasteiger partial charge in [-0.2, -0.15) is 0 Å². The maximum absolute atomic E-state index is 12.2. The Morgan fingerprint density at radius 2 is 1.93 bits per heavy atom. The van der Waals surface area contributed by atoms with Gasteiger partial charge in [0.2, 0.25) is 0 Å². The molecular weight excluding hydrogens is 389 g/mol. The predicted molar refractivity (Wildman–Crippen MR) is 107 cm³/mol. The lowest BCUT2D eigenvalue weighted by atomic mass is 10.2. The number of carbonyl (C=O) groups is 2. The molecule has 0 spiro atoms. The van der Waals surface area contributed by atoms with Crippen molar-refractivity contribution >= 4 is 46.8 Å². The summed E-state index contributed by atoms with van der Waals surface area (Å²) >= 11 is 11.9. The number of hydrogen-bond acceptors (Lipinski definition) is 4. The standard InChI is InChI=1S/C20H19Cl2NO4/c1-3-26-18-7-5-4-6-14(18)8-11-19(24)27-13(2)20(25)23-17-12-15(21)9-10-16(17)22/h4-13H,3H2,1-2H3,(H,23,25)/b11-8+. The Morgan fingerprint density at radius 3 is 2.67 bits per heavy atom. The number of amides is 1. The van der Waals surface area contributed by atoms with Crippen molar-refractivity contribution in [1.82, 2.24) is 0 Å². The maximum atomic E-state index is 12.2. The minimum atomic E-state index is -1.01. The van der Waals surface area contributed by atoms with E-state index >= 15 is 0 Å². The lowest BCUT2D eigenvalue weighted by Crippen LogP contribution is -2.29. The van der Waals surface area contributed by atoms with E-state index in [0.717, 1.165) is 5.56 Å². The molecule has 0 aliphatic carbocycles. The first-order valence-electron chi connectivity index (χ1n) is 8.27. The maximum Gasteiger partial charge on any atom is 0.331 e. The number of para-hydroxylation sites is 1. The van der Waals surface area contributed by atoms with Crippen LogP contribution in [0.25, 0.3) is 6.08 Å². The van der Waals surface area contributed by atoms with Crippen molar-refractivity contribution in [1.29, 1.82) is 0 Å². The average molecular weight is 408 g/mol. The second-order valence-corrected chi connectivity index (χ2v) is 6.34. The molecule has 0 aliphatic heterocycles. The van der Waals surface area contributed by atoms with E-state index < -0.39 is 18.0 Å². The minimum absolute atomic E-state index is 0.332. The fourth-order valence-electron chi connectivity index (χ4n) is 2.16. The van der Waals surface area contributed by atoms with Crippen molar-refractivity contribution < 1.29 is 19.1 Å². The van der Waals surface area contributed by atoms with Crippen LogP contribution >= 0.6 is 23.2 Å². The van der Waals surface area contributed by atoms with Crippen molar-refractivity contribution in [3.63, 3.8) is 0 Å². The van der Waals surface area contributed by atoms with E-state index in [2.05, 4.69) is 5.32 Å². The van der Waals surface area contributed by atoms with Crippen molar-refractivity contribution in [2.75, 3.05) is 11.9 Å². The first kappa shape index (κ1) is 20.8. The first-order valence-corrected chi connectivity index (χ1v) is 9.02. The third kappa shape index (κ3) is 6.31. The number of esters is 1. The molecule has 0 radical (unpaired) electrons. The Hall–Kier alpha value is -2.50. The van der Waals surface area contributed by atoms with Crippen LogP contribution in [0.3, 0.4) is 0 Å². The van der Waals surface area contributed by atoms with Crippen LogP contribution in [0.2, 0.25) is 10.0 Å². The van der Waals surface area contributed by atoms with Crippen molar-refractivity contribution in [2.24, 2.45) is 0 Å². The van der Waals surface area contributed by atoms with E-state index in [9.17, 15) is 9.59 Å². The molecule has 7 heteroatoms. The monoisotopic (exact) mass is 407 g/mol. The van der Waals surface area contributed by atoms with Crippen LogP contribution in [-0.4, -0.2) is 24.6 Å². The lowest BCUT2D eigenvalue weighted by molar-refractivity contribution is -0.148. The van der Waals surface area contributed by atoms with Crippen LogP contribution in [0, 0.1) is 0 Å². The van der Waals surface area contributed by atoms with E-state index in [1.807, 2.05) is 25.1 Å². The molecule has 0 saturated heterocycles. The second kappa shape index (κ2) is 10.00. The molecule has 1 N–H and O–H groups in total. The molecule has 27 heavy (non-hydrogen) atoms. The van der Waals surface area contributed by atoms with Crippen LogP contribution in [0.4, 0.5) is 5.69 Å². The van der Waals surface area contributed by atoms with Gasteiger partial charge in [0, 0.05) is 16.7 Å². The van der Waals surface area contributed by atoms with E-state index in [4.69, 9.17) is 32.7 Å². The summed E-state index contributed by atoms with van der Waals surface area (Å²) in [5.74, 6) is -0.512. The predicted octanol–water partition coefficient (Wildman–Crippen LogP) is 4.98. The zero-order valence-corrected chi connectivity index (χ0v) is 16.4. The van der Waals surface area contributed by atoms with Gasteiger partial charge in [-0.3, -0.25) is 4.79 Å². The van der Waals surface area contributed by atoms with E-state index in [-0.39, 0.29) is 0 Å². The Morgan fingerprint density at radius 1 is 1.19 bits per heavy atom. The van der Waals surface area contributed by atoms with Gasteiger partial charge in [0.25, 0.3) is 5.91 Å². The van der Waals surface area contributed by atoms with Crippen molar-refractivity contribution in [3.05, 3.63) is 64.1 Å². The quantitative estimate of drug-likeness (QED) is 0.519. The van der Waals surface area contributed by atoms with Gasteiger partial charge >= 0.3 is 5.97 Å². The summed E-state index contributed by atoms with van der Waals surface area (Å²) in [6, 6.07) is 12.0. The van der Waals surface area contributed by atoms with Gasteiger partial charge in [-0.25, -0.2) is 4.79 Å². The Bertz CT molecular complexity index is 852. The molecule has 0 fully saturated rings. The number of rotatable bonds is 7. The van der Waals surface area contributed by atoms with Gasteiger partial charge in [0.1, 0.15) is 5.75 Å². The molecule has 142 valence electrons. The van der Waals surface area contributed by atoms with Gasteiger partial charge in [-0.05, 0) is 44.2 Å². The molecule has 2 aromatic carbocycles. The fraction of sp³-hybridized carbons (Fsp3) is 0.200. The fourth-order valence-corrected chi connectivity index (χ4v) is 2.49. The van der Waals surface area contributed by atoms with E-state index in [0.29, 0.717) is 28.1 Å². The van der Waals surface area contributed by atoms with Crippen molar-refractivity contribution in [3.8, 4) is 5.75 Å². The Labute approximate surface area is 167 Å². The summed E-state index contributed by atoms with van der Waals surface area (Å²) in [5.41, 5.74) is 1.08. The van der Waals surface area contributed by atoms with Gasteiger partial charge < -0.3 is 14.8 Å². The number of halogens is 2. The van der Waals surface area contributed by atoms with Crippen molar-refractivity contribution in [2.45, 2.75) is 20.0 Å². The van der Waals surface area contributed by atoms with Gasteiger partial charge in [0.05, 0.1) is 17.3 Å². The van der Waals surface area contributed by atoms with E-state index in [1.165, 1.54) is 19.1 Å². The summed E-state index contributed by atoms with van der Waals surface area (Å²) in [4.78, 5) is 24.2. The molecule has 0 aromatic heterocycles. The summed E-state index contributed by atoms with van der Waals surface area (Å²) < 4.78 is 10.6. The summed E-state index contributed by atoms with van der Waals surface area (Å²) in [6.45, 7) is 3.85. The normalized spacial score (nSPS) is 11.9. The number of nitrogens with one attached hydrogen (secondary N) is 1. The molecule has 0 bridgehead atoms. The molecule has 0 aliphatic rings. The van der Waals surface area contributed by atoms with Crippen LogP contribution in [0.5, 0.6) is 5.75 Å². The third-order valence-electron chi connectivity index (χ3n) is 3.47. The highest BCUT2D eigenvalue weighted by Gasteiger charge is 2.18. The highest BCUT2D eigenvalue weighted by molar-refractivity contribution is 6.35. The zero-order valence-electron chi connectivity index (χ0n) is 14.9. The van der Waals surface area contributed by atoms with Gasteiger partial charge in [-0.1, -0.05) is 41.4 Å².